The molecule has 1 aromatic heterocycles. The molecular formula is C11H16N4O4. The first-order valence-corrected chi connectivity index (χ1v) is 6.03. The molecule has 0 aliphatic carbocycles. The number of nitrogens with zero attached hydrogens (tertiary/aromatic N) is 4. The van der Waals surface area contributed by atoms with E-state index in [2.05, 4.69) is 4.98 Å². The Morgan fingerprint density at radius 3 is 3.00 bits per heavy atom. The minimum atomic E-state index is -0.503. The van der Waals surface area contributed by atoms with Crippen molar-refractivity contribution in [1.29, 1.82) is 0 Å². The number of carbonyl (C=O) groups is 1. The van der Waals surface area contributed by atoms with Gasteiger partial charge in [-0.05, 0) is 22.7 Å². The summed E-state index contributed by atoms with van der Waals surface area (Å²) in [5.74, 6) is -0.241. The minimum absolute atomic E-state index is 0.173. The number of imidazole rings is 1. The van der Waals surface area contributed by atoms with Gasteiger partial charge in [-0.2, -0.15) is 0 Å². The second kappa shape index (κ2) is 5.25. The monoisotopic (exact) mass is 268 g/mol. The number of hydrogen-bond donors (Lipinski definition) is 0. The first-order chi connectivity index (χ1) is 9.04. The maximum Gasteiger partial charge on any atom is 0.406 e. The molecule has 104 valence electrons. The lowest BCUT2D eigenvalue weighted by molar-refractivity contribution is -0.388. The Hall–Kier alpha value is -2.12. The first-order valence-electron chi connectivity index (χ1n) is 6.03. The van der Waals surface area contributed by atoms with E-state index in [4.69, 9.17) is 4.74 Å². The van der Waals surface area contributed by atoms with Crippen LogP contribution in [0.5, 0.6) is 0 Å². The molecule has 0 spiro atoms. The van der Waals surface area contributed by atoms with Crippen molar-refractivity contribution < 1.29 is 14.5 Å². The van der Waals surface area contributed by atoms with Gasteiger partial charge < -0.3 is 19.8 Å². The molecule has 8 nitrogen and oxygen atoms in total. The SMILES string of the molecule is COC(=O)C1CCCN(c2c([N+](=O)[O-])ncn2C)C1. The van der Waals surface area contributed by atoms with Crippen molar-refractivity contribution in [3.63, 3.8) is 0 Å². The summed E-state index contributed by atoms with van der Waals surface area (Å²) in [4.78, 5) is 27.7. The normalized spacial score (nSPS) is 19.3. The molecule has 2 heterocycles. The number of rotatable bonds is 3. The van der Waals surface area contributed by atoms with E-state index in [0.29, 0.717) is 18.9 Å². The molecule has 1 unspecified atom stereocenters. The maximum atomic E-state index is 11.6. The molecule has 0 N–H and O–H groups in total. The van der Waals surface area contributed by atoms with Gasteiger partial charge in [-0.25, -0.2) is 0 Å². The lowest BCUT2D eigenvalue weighted by Crippen LogP contribution is -2.40. The van der Waals surface area contributed by atoms with Crippen LogP contribution < -0.4 is 4.90 Å². The minimum Gasteiger partial charge on any atom is -0.469 e. The summed E-state index contributed by atoms with van der Waals surface area (Å²) in [6.07, 6.45) is 2.95. The fourth-order valence-electron chi connectivity index (χ4n) is 2.43. The van der Waals surface area contributed by atoms with Crippen LogP contribution in [-0.4, -0.2) is 40.6 Å². The van der Waals surface area contributed by atoms with Gasteiger partial charge in [0.1, 0.15) is 0 Å². The predicted molar refractivity (Wildman–Crippen MR) is 66.8 cm³/mol. The molecule has 19 heavy (non-hydrogen) atoms. The number of anilines is 1. The molecule has 0 aromatic carbocycles. The number of aromatic nitrogens is 2. The average Bonchev–Trinajstić information content (AvgIpc) is 2.80. The third-order valence-corrected chi connectivity index (χ3v) is 3.32. The van der Waals surface area contributed by atoms with Gasteiger partial charge in [0.25, 0.3) is 0 Å². The molecule has 1 aromatic rings. The van der Waals surface area contributed by atoms with Gasteiger partial charge in [-0.3, -0.25) is 9.36 Å². The molecular weight excluding hydrogens is 252 g/mol. The Morgan fingerprint density at radius 1 is 1.63 bits per heavy atom. The predicted octanol–water partition coefficient (Wildman–Crippen LogP) is 0.718. The summed E-state index contributed by atoms with van der Waals surface area (Å²) in [6.45, 7) is 1.10. The number of methoxy groups -OCH3 is 1. The number of piperidine rings is 1. The molecule has 1 saturated heterocycles. The van der Waals surface area contributed by atoms with Gasteiger partial charge >= 0.3 is 11.8 Å². The average molecular weight is 268 g/mol. The molecule has 0 radical (unpaired) electrons. The van der Waals surface area contributed by atoms with Crippen molar-refractivity contribution in [2.75, 3.05) is 25.1 Å². The van der Waals surface area contributed by atoms with Crippen LogP contribution in [0, 0.1) is 16.0 Å². The highest BCUT2D eigenvalue weighted by Gasteiger charge is 2.32. The van der Waals surface area contributed by atoms with Crippen molar-refractivity contribution in [2.24, 2.45) is 13.0 Å². The lowest BCUT2D eigenvalue weighted by Gasteiger charge is -2.32. The summed E-state index contributed by atoms with van der Waals surface area (Å²) in [5, 5.41) is 11.0. The van der Waals surface area contributed by atoms with E-state index in [1.165, 1.54) is 13.4 Å². The molecule has 0 amide bonds. The first kappa shape index (κ1) is 13.3. The van der Waals surface area contributed by atoms with E-state index < -0.39 is 4.92 Å². The molecule has 1 atom stereocenters. The quantitative estimate of drug-likeness (QED) is 0.455. The second-order valence-electron chi connectivity index (χ2n) is 4.57. The molecule has 1 aliphatic rings. The molecule has 0 saturated carbocycles. The van der Waals surface area contributed by atoms with Crippen LogP contribution in [-0.2, 0) is 16.6 Å². The van der Waals surface area contributed by atoms with Crippen LogP contribution in [0.1, 0.15) is 12.8 Å². The van der Waals surface area contributed by atoms with Crippen LogP contribution in [0.3, 0.4) is 0 Å². The molecule has 1 aliphatic heterocycles. The highest BCUT2D eigenvalue weighted by Crippen LogP contribution is 2.30. The third kappa shape index (κ3) is 2.51. The highest BCUT2D eigenvalue weighted by atomic mass is 16.6. The third-order valence-electron chi connectivity index (χ3n) is 3.32. The molecule has 1 fully saturated rings. The second-order valence-corrected chi connectivity index (χ2v) is 4.57. The van der Waals surface area contributed by atoms with Gasteiger partial charge in [0.05, 0.1) is 13.0 Å². The van der Waals surface area contributed by atoms with Crippen molar-refractivity contribution in [3.05, 3.63) is 16.4 Å². The van der Waals surface area contributed by atoms with Crippen molar-refractivity contribution >= 4 is 17.6 Å². The Bertz CT molecular complexity index is 499. The van der Waals surface area contributed by atoms with E-state index in [0.717, 1.165) is 12.8 Å². The Kier molecular flexibility index (Phi) is 3.68. The summed E-state index contributed by atoms with van der Waals surface area (Å²) >= 11 is 0. The number of nitro groups is 1. The van der Waals surface area contributed by atoms with Crippen LogP contribution in [0.25, 0.3) is 0 Å². The topological polar surface area (TPSA) is 90.5 Å². The van der Waals surface area contributed by atoms with E-state index >= 15 is 0 Å². The maximum absolute atomic E-state index is 11.6. The van der Waals surface area contributed by atoms with Gasteiger partial charge in [-0.1, -0.05) is 0 Å². The molecule has 8 heteroatoms. The van der Waals surface area contributed by atoms with E-state index in [1.807, 2.05) is 4.90 Å². The molecule has 0 bridgehead atoms. The Labute approximate surface area is 110 Å². The van der Waals surface area contributed by atoms with E-state index in [-0.39, 0.29) is 17.7 Å². The smallest absolute Gasteiger partial charge is 0.406 e. The van der Waals surface area contributed by atoms with Crippen LogP contribution in [0.15, 0.2) is 6.33 Å². The van der Waals surface area contributed by atoms with Gasteiger partial charge in [0.15, 0.2) is 0 Å². The molecule has 2 rings (SSSR count). The Balaban J connectivity index is 2.24. The van der Waals surface area contributed by atoms with Crippen molar-refractivity contribution in [3.8, 4) is 0 Å². The van der Waals surface area contributed by atoms with E-state index in [9.17, 15) is 14.9 Å². The number of ether oxygens (including phenoxy) is 1. The van der Waals surface area contributed by atoms with Gasteiger partial charge in [0, 0.05) is 20.1 Å². The number of hydrogen-bond acceptors (Lipinski definition) is 6. The Morgan fingerprint density at radius 2 is 2.37 bits per heavy atom. The van der Waals surface area contributed by atoms with Crippen molar-refractivity contribution in [1.82, 2.24) is 9.55 Å². The van der Waals surface area contributed by atoms with Crippen LogP contribution >= 0.6 is 0 Å². The fraction of sp³-hybridized carbons (Fsp3) is 0.636. The van der Waals surface area contributed by atoms with E-state index in [1.54, 1.807) is 11.6 Å². The van der Waals surface area contributed by atoms with Crippen LogP contribution in [0.4, 0.5) is 11.6 Å². The van der Waals surface area contributed by atoms with Crippen molar-refractivity contribution in [2.45, 2.75) is 12.8 Å². The standard InChI is InChI=1S/C11H16N4O4/c1-13-7-12-9(15(17)18)10(13)14-5-3-4-8(6-14)11(16)19-2/h7-8H,3-6H2,1-2H3. The fourth-order valence-corrected chi connectivity index (χ4v) is 2.43. The van der Waals surface area contributed by atoms with Crippen LogP contribution in [0.2, 0.25) is 0 Å². The summed E-state index contributed by atoms with van der Waals surface area (Å²) in [7, 11) is 3.06. The number of carbonyl (C=O) groups excluding carboxylic acids is 1. The zero-order chi connectivity index (χ0) is 14.0. The largest absolute Gasteiger partial charge is 0.469 e. The summed E-state index contributed by atoms with van der Waals surface area (Å²) in [6, 6.07) is 0. The zero-order valence-electron chi connectivity index (χ0n) is 10.9. The number of aryl methyl sites for hydroxylation is 1. The van der Waals surface area contributed by atoms with Gasteiger partial charge in [-0.15, -0.1) is 0 Å². The zero-order valence-corrected chi connectivity index (χ0v) is 10.9. The highest BCUT2D eigenvalue weighted by molar-refractivity contribution is 5.73. The lowest BCUT2D eigenvalue weighted by atomic mass is 9.98. The number of esters is 1. The summed E-state index contributed by atoms with van der Waals surface area (Å²) < 4.78 is 6.35. The van der Waals surface area contributed by atoms with Gasteiger partial charge in [0.2, 0.25) is 12.1 Å². The summed E-state index contributed by atoms with van der Waals surface area (Å²) in [5.41, 5.74) is 0.